The van der Waals surface area contributed by atoms with Crippen molar-refractivity contribution in [1.29, 1.82) is 0 Å². The van der Waals surface area contributed by atoms with Gasteiger partial charge in [-0.15, -0.1) is 0 Å². The van der Waals surface area contributed by atoms with E-state index in [1.807, 2.05) is 0 Å². The molecule has 0 unspecified atom stereocenters. The summed E-state index contributed by atoms with van der Waals surface area (Å²) in [6, 6.07) is 1.35. The molecule has 1 aliphatic carbocycles. The molecule has 2 N–H and O–H groups in total. The SMILES string of the molecule is O=c1cc(NCCOCC(F)F)nc(C2CC2)[nH]1. The minimum atomic E-state index is -2.45. The first-order valence-electron chi connectivity index (χ1n) is 5.86. The molecule has 1 heterocycles. The fourth-order valence-corrected chi connectivity index (χ4v) is 1.54. The first kappa shape index (κ1) is 12.9. The molecule has 5 nitrogen and oxygen atoms in total. The number of halogens is 2. The van der Waals surface area contributed by atoms with Crippen LogP contribution in [0.25, 0.3) is 0 Å². The van der Waals surface area contributed by atoms with Crippen molar-refractivity contribution in [3.8, 4) is 0 Å². The van der Waals surface area contributed by atoms with E-state index in [4.69, 9.17) is 4.74 Å². The van der Waals surface area contributed by atoms with E-state index >= 15 is 0 Å². The van der Waals surface area contributed by atoms with Crippen molar-refractivity contribution in [1.82, 2.24) is 9.97 Å². The van der Waals surface area contributed by atoms with E-state index in [0.717, 1.165) is 12.8 Å². The number of nitrogens with zero attached hydrogens (tertiary/aromatic N) is 1. The summed E-state index contributed by atoms with van der Waals surface area (Å²) >= 11 is 0. The van der Waals surface area contributed by atoms with E-state index < -0.39 is 13.0 Å². The second-order valence-corrected chi connectivity index (χ2v) is 4.18. The van der Waals surface area contributed by atoms with Crippen molar-refractivity contribution in [2.24, 2.45) is 0 Å². The fraction of sp³-hybridized carbons (Fsp3) is 0.636. The Balaban J connectivity index is 1.80. The zero-order chi connectivity index (χ0) is 13.0. The first-order valence-corrected chi connectivity index (χ1v) is 5.86. The summed E-state index contributed by atoms with van der Waals surface area (Å²) < 4.78 is 28.3. The zero-order valence-corrected chi connectivity index (χ0v) is 9.79. The Morgan fingerprint density at radius 3 is 3.00 bits per heavy atom. The van der Waals surface area contributed by atoms with Gasteiger partial charge in [0.05, 0.1) is 6.61 Å². The summed E-state index contributed by atoms with van der Waals surface area (Å²) in [5.41, 5.74) is -0.206. The van der Waals surface area contributed by atoms with Crippen LogP contribution in [0.1, 0.15) is 24.6 Å². The van der Waals surface area contributed by atoms with Gasteiger partial charge in [0.2, 0.25) is 0 Å². The molecule has 1 fully saturated rings. The van der Waals surface area contributed by atoms with Crippen LogP contribution in [0.3, 0.4) is 0 Å². The number of ether oxygens (including phenoxy) is 1. The standard InChI is InChI=1S/C11H15F2N3O2/c12-8(13)6-18-4-3-14-9-5-10(17)16-11(15-9)7-1-2-7/h5,7-8H,1-4,6H2,(H2,14,15,16,17). The van der Waals surface area contributed by atoms with Crippen molar-refractivity contribution < 1.29 is 13.5 Å². The largest absolute Gasteiger partial charge is 0.374 e. The highest BCUT2D eigenvalue weighted by Gasteiger charge is 2.26. The van der Waals surface area contributed by atoms with Crippen molar-refractivity contribution in [2.75, 3.05) is 25.1 Å². The minimum absolute atomic E-state index is 0.150. The van der Waals surface area contributed by atoms with Crippen molar-refractivity contribution in [3.05, 3.63) is 22.2 Å². The van der Waals surface area contributed by atoms with Crippen LogP contribution in [0.2, 0.25) is 0 Å². The highest BCUT2D eigenvalue weighted by molar-refractivity contribution is 5.33. The maximum Gasteiger partial charge on any atom is 0.261 e. The van der Waals surface area contributed by atoms with Gasteiger partial charge >= 0.3 is 0 Å². The fourth-order valence-electron chi connectivity index (χ4n) is 1.54. The van der Waals surface area contributed by atoms with Gasteiger partial charge in [-0.1, -0.05) is 0 Å². The number of anilines is 1. The number of nitrogens with one attached hydrogen (secondary N) is 2. The van der Waals surface area contributed by atoms with Gasteiger partial charge in [0.25, 0.3) is 12.0 Å². The predicted molar refractivity (Wildman–Crippen MR) is 62.1 cm³/mol. The highest BCUT2D eigenvalue weighted by Crippen LogP contribution is 2.37. The van der Waals surface area contributed by atoms with Gasteiger partial charge in [0, 0.05) is 18.5 Å². The average Bonchev–Trinajstić information content (AvgIpc) is 3.11. The average molecular weight is 259 g/mol. The van der Waals surface area contributed by atoms with Crippen molar-refractivity contribution in [3.63, 3.8) is 0 Å². The summed E-state index contributed by atoms with van der Waals surface area (Å²) in [4.78, 5) is 18.3. The lowest BCUT2D eigenvalue weighted by molar-refractivity contribution is 0.0215. The van der Waals surface area contributed by atoms with E-state index in [0.29, 0.717) is 24.1 Å². The first-order chi connectivity index (χ1) is 8.65. The summed E-state index contributed by atoms with van der Waals surface area (Å²) in [6.07, 6.45) is -0.363. The van der Waals surface area contributed by atoms with Crippen LogP contribution in [0.5, 0.6) is 0 Å². The van der Waals surface area contributed by atoms with Crippen LogP contribution in [0, 0.1) is 0 Å². The van der Waals surface area contributed by atoms with Crippen LogP contribution in [0.4, 0.5) is 14.6 Å². The molecule has 0 spiro atoms. The summed E-state index contributed by atoms with van der Waals surface area (Å²) in [7, 11) is 0. The Hall–Kier alpha value is -1.50. The molecular formula is C11H15F2N3O2. The van der Waals surface area contributed by atoms with Gasteiger partial charge in [-0.05, 0) is 12.8 Å². The molecule has 0 atom stereocenters. The Morgan fingerprint density at radius 1 is 1.56 bits per heavy atom. The molecule has 100 valence electrons. The Labute approximate surface area is 103 Å². The molecular weight excluding hydrogens is 244 g/mol. The van der Waals surface area contributed by atoms with Gasteiger partial charge in [0.15, 0.2) is 0 Å². The lowest BCUT2D eigenvalue weighted by Gasteiger charge is -2.07. The van der Waals surface area contributed by atoms with E-state index in [1.54, 1.807) is 0 Å². The maximum atomic E-state index is 11.8. The molecule has 1 saturated carbocycles. The molecule has 0 radical (unpaired) electrons. The van der Waals surface area contributed by atoms with E-state index in [9.17, 15) is 13.6 Å². The third-order valence-electron chi connectivity index (χ3n) is 2.52. The number of alkyl halides is 2. The molecule has 2 rings (SSSR count). The molecule has 0 aliphatic heterocycles. The van der Waals surface area contributed by atoms with Gasteiger partial charge in [0.1, 0.15) is 18.2 Å². The maximum absolute atomic E-state index is 11.8. The Kier molecular flexibility index (Phi) is 4.24. The molecule has 18 heavy (non-hydrogen) atoms. The number of hydrogen-bond donors (Lipinski definition) is 2. The number of rotatable bonds is 7. The number of aromatic nitrogens is 2. The third-order valence-corrected chi connectivity index (χ3v) is 2.52. The zero-order valence-electron chi connectivity index (χ0n) is 9.79. The lowest BCUT2D eigenvalue weighted by atomic mass is 10.4. The molecule has 0 aromatic carbocycles. The van der Waals surface area contributed by atoms with Crippen molar-refractivity contribution >= 4 is 5.82 Å². The normalized spacial score (nSPS) is 15.1. The minimum Gasteiger partial charge on any atom is -0.374 e. The smallest absolute Gasteiger partial charge is 0.261 e. The Bertz CT molecular complexity index is 446. The molecule has 0 saturated heterocycles. The monoisotopic (exact) mass is 259 g/mol. The van der Waals surface area contributed by atoms with Gasteiger partial charge in [-0.3, -0.25) is 4.79 Å². The number of aromatic amines is 1. The second-order valence-electron chi connectivity index (χ2n) is 4.18. The van der Waals surface area contributed by atoms with Crippen LogP contribution < -0.4 is 10.9 Å². The van der Waals surface area contributed by atoms with E-state index in [2.05, 4.69) is 15.3 Å². The van der Waals surface area contributed by atoms with Crippen LogP contribution >= 0.6 is 0 Å². The second kappa shape index (κ2) is 5.90. The molecule has 1 aliphatic rings. The topological polar surface area (TPSA) is 67.0 Å². The number of hydrogen-bond acceptors (Lipinski definition) is 4. The summed E-state index contributed by atoms with van der Waals surface area (Å²) in [5.74, 6) is 1.51. The van der Waals surface area contributed by atoms with Crippen LogP contribution in [0.15, 0.2) is 10.9 Å². The molecule has 1 aromatic heterocycles. The predicted octanol–water partition coefficient (Wildman–Crippen LogP) is 1.34. The van der Waals surface area contributed by atoms with Gasteiger partial charge in [-0.2, -0.15) is 0 Å². The molecule has 0 amide bonds. The van der Waals surface area contributed by atoms with E-state index in [-0.39, 0.29) is 12.2 Å². The van der Waals surface area contributed by atoms with Crippen LogP contribution in [-0.4, -0.2) is 36.2 Å². The van der Waals surface area contributed by atoms with Crippen molar-refractivity contribution in [2.45, 2.75) is 25.2 Å². The summed E-state index contributed by atoms with van der Waals surface area (Å²) in [5, 5.41) is 2.88. The van der Waals surface area contributed by atoms with Gasteiger partial charge < -0.3 is 15.0 Å². The Morgan fingerprint density at radius 2 is 2.33 bits per heavy atom. The molecule has 1 aromatic rings. The number of H-pyrrole nitrogens is 1. The summed E-state index contributed by atoms with van der Waals surface area (Å²) in [6.45, 7) is -0.0807. The highest BCUT2D eigenvalue weighted by atomic mass is 19.3. The quantitative estimate of drug-likeness (QED) is 0.725. The van der Waals surface area contributed by atoms with Gasteiger partial charge in [-0.25, -0.2) is 13.8 Å². The molecule has 0 bridgehead atoms. The lowest BCUT2D eigenvalue weighted by Crippen LogP contribution is -2.17. The third kappa shape index (κ3) is 4.06. The van der Waals surface area contributed by atoms with E-state index in [1.165, 1.54) is 6.07 Å². The molecule has 7 heteroatoms. The van der Waals surface area contributed by atoms with Crippen LogP contribution in [-0.2, 0) is 4.74 Å².